The summed E-state index contributed by atoms with van der Waals surface area (Å²) in [5.74, 6) is 0.236. The molecule has 0 bridgehead atoms. The largest absolute Gasteiger partial charge is 0.365 e. The molecule has 1 aromatic carbocycles. The number of nitrogens with two attached hydrogens (primary N) is 1. The Kier molecular flexibility index (Phi) is 5.35. The standard InChI is InChI=1S/C16H18N4O.ClH/c17-15(21)13-7-4-8-19-16(13)20-10-9-18-14(11-20)12-5-2-1-3-6-12;/h1-8,14,18H,9-11H2,(H2,17,21);1H. The number of pyridine rings is 1. The minimum atomic E-state index is -0.437. The second-order valence-corrected chi connectivity index (χ2v) is 5.10. The topological polar surface area (TPSA) is 71.2 Å². The van der Waals surface area contributed by atoms with Crippen LogP contribution < -0.4 is 16.0 Å². The fourth-order valence-corrected chi connectivity index (χ4v) is 2.69. The molecule has 0 spiro atoms. The molecule has 0 radical (unpaired) electrons. The molecule has 1 aliphatic rings. The average Bonchev–Trinajstić information content (AvgIpc) is 2.56. The molecule has 1 atom stereocenters. The van der Waals surface area contributed by atoms with E-state index in [2.05, 4.69) is 27.3 Å². The highest BCUT2D eigenvalue weighted by Crippen LogP contribution is 2.23. The number of rotatable bonds is 3. The number of benzene rings is 1. The van der Waals surface area contributed by atoms with E-state index in [-0.39, 0.29) is 18.4 Å². The lowest BCUT2D eigenvalue weighted by Gasteiger charge is -2.35. The van der Waals surface area contributed by atoms with Crippen molar-refractivity contribution in [1.82, 2.24) is 10.3 Å². The molecule has 1 aromatic heterocycles. The second-order valence-electron chi connectivity index (χ2n) is 5.10. The van der Waals surface area contributed by atoms with Crippen molar-refractivity contribution in [2.45, 2.75) is 6.04 Å². The number of halogens is 1. The highest BCUT2D eigenvalue weighted by Gasteiger charge is 2.24. The van der Waals surface area contributed by atoms with Crippen molar-refractivity contribution in [3.63, 3.8) is 0 Å². The van der Waals surface area contributed by atoms with E-state index in [1.54, 1.807) is 18.3 Å². The van der Waals surface area contributed by atoms with Gasteiger partial charge < -0.3 is 16.0 Å². The van der Waals surface area contributed by atoms with Crippen molar-refractivity contribution in [1.29, 1.82) is 0 Å². The predicted molar refractivity (Wildman–Crippen MR) is 89.4 cm³/mol. The molecule has 2 aromatic rings. The molecule has 1 amide bonds. The summed E-state index contributed by atoms with van der Waals surface area (Å²) in [6.45, 7) is 2.41. The normalized spacial score (nSPS) is 17.6. The molecule has 0 aliphatic carbocycles. The SMILES string of the molecule is Cl.NC(=O)c1cccnc1N1CCNC(c2ccccc2)C1. The molecule has 1 fully saturated rings. The first-order valence-corrected chi connectivity index (χ1v) is 7.04. The molecule has 6 heteroatoms. The fourth-order valence-electron chi connectivity index (χ4n) is 2.69. The lowest BCUT2D eigenvalue weighted by Crippen LogP contribution is -2.46. The maximum absolute atomic E-state index is 11.6. The first-order chi connectivity index (χ1) is 10.3. The number of anilines is 1. The van der Waals surface area contributed by atoms with E-state index in [0.29, 0.717) is 11.4 Å². The fraction of sp³-hybridized carbons (Fsp3) is 0.250. The lowest BCUT2D eigenvalue weighted by molar-refractivity contribution is 0.100. The highest BCUT2D eigenvalue weighted by molar-refractivity contribution is 5.97. The number of carbonyl (C=O) groups excluding carboxylic acids is 1. The van der Waals surface area contributed by atoms with Crippen LogP contribution in [0.15, 0.2) is 48.7 Å². The zero-order valence-electron chi connectivity index (χ0n) is 12.1. The Morgan fingerprint density at radius 3 is 2.73 bits per heavy atom. The molecule has 1 unspecified atom stereocenters. The minimum Gasteiger partial charge on any atom is -0.365 e. The smallest absolute Gasteiger partial charge is 0.252 e. The van der Waals surface area contributed by atoms with Gasteiger partial charge in [0.25, 0.3) is 5.91 Å². The summed E-state index contributed by atoms with van der Waals surface area (Å²) in [6.07, 6.45) is 1.70. The molecule has 3 rings (SSSR count). The van der Waals surface area contributed by atoms with E-state index in [1.165, 1.54) is 5.56 Å². The van der Waals surface area contributed by atoms with Gasteiger partial charge in [-0.2, -0.15) is 0 Å². The lowest BCUT2D eigenvalue weighted by atomic mass is 10.0. The molecule has 2 heterocycles. The second kappa shape index (κ2) is 7.24. The molecular formula is C16H19ClN4O. The van der Waals surface area contributed by atoms with Crippen LogP contribution in [0.2, 0.25) is 0 Å². The molecule has 1 aliphatic heterocycles. The summed E-state index contributed by atoms with van der Waals surface area (Å²) < 4.78 is 0. The minimum absolute atomic E-state index is 0. The molecule has 116 valence electrons. The summed E-state index contributed by atoms with van der Waals surface area (Å²) >= 11 is 0. The number of nitrogens with zero attached hydrogens (tertiary/aromatic N) is 2. The van der Waals surface area contributed by atoms with Gasteiger partial charge in [0, 0.05) is 31.9 Å². The van der Waals surface area contributed by atoms with Gasteiger partial charge in [0.15, 0.2) is 0 Å². The van der Waals surface area contributed by atoms with Gasteiger partial charge in [-0.1, -0.05) is 30.3 Å². The number of primary amides is 1. The van der Waals surface area contributed by atoms with E-state index in [4.69, 9.17) is 5.73 Å². The molecule has 3 N–H and O–H groups in total. The third-order valence-corrected chi connectivity index (χ3v) is 3.73. The van der Waals surface area contributed by atoms with Gasteiger partial charge >= 0.3 is 0 Å². The Balaban J connectivity index is 0.00000176. The monoisotopic (exact) mass is 318 g/mol. The van der Waals surface area contributed by atoms with Crippen LogP contribution in [0.3, 0.4) is 0 Å². The summed E-state index contributed by atoms with van der Waals surface area (Å²) in [7, 11) is 0. The van der Waals surface area contributed by atoms with Crippen LogP contribution in [0.4, 0.5) is 5.82 Å². The maximum Gasteiger partial charge on any atom is 0.252 e. The molecular weight excluding hydrogens is 300 g/mol. The third kappa shape index (κ3) is 3.37. The Hall–Kier alpha value is -2.11. The number of hydrogen-bond donors (Lipinski definition) is 2. The highest BCUT2D eigenvalue weighted by atomic mass is 35.5. The summed E-state index contributed by atoms with van der Waals surface area (Å²) in [5.41, 5.74) is 7.16. The quantitative estimate of drug-likeness (QED) is 0.904. The van der Waals surface area contributed by atoms with Crippen molar-refractivity contribution in [2.24, 2.45) is 5.73 Å². The van der Waals surface area contributed by atoms with E-state index in [1.807, 2.05) is 18.2 Å². The van der Waals surface area contributed by atoms with Gasteiger partial charge in [-0.25, -0.2) is 4.98 Å². The van der Waals surface area contributed by atoms with Gasteiger partial charge in [-0.05, 0) is 17.7 Å². The van der Waals surface area contributed by atoms with E-state index < -0.39 is 5.91 Å². The molecule has 1 saturated heterocycles. The predicted octanol–water partition coefficient (Wildman–Crippen LogP) is 1.75. The van der Waals surface area contributed by atoms with Crippen molar-refractivity contribution in [3.8, 4) is 0 Å². The number of hydrogen-bond acceptors (Lipinski definition) is 4. The summed E-state index contributed by atoms with van der Waals surface area (Å²) in [5, 5.41) is 3.50. The molecule has 0 saturated carbocycles. The van der Waals surface area contributed by atoms with E-state index in [0.717, 1.165) is 19.6 Å². The van der Waals surface area contributed by atoms with Crippen molar-refractivity contribution >= 4 is 24.1 Å². The van der Waals surface area contributed by atoms with Gasteiger partial charge in [0.05, 0.1) is 5.56 Å². The van der Waals surface area contributed by atoms with Crippen LogP contribution in [0.25, 0.3) is 0 Å². The number of nitrogens with one attached hydrogen (secondary N) is 1. The maximum atomic E-state index is 11.6. The van der Waals surface area contributed by atoms with Gasteiger partial charge in [-0.3, -0.25) is 4.79 Å². The van der Waals surface area contributed by atoms with Gasteiger partial charge in [-0.15, -0.1) is 12.4 Å². The van der Waals surface area contributed by atoms with Gasteiger partial charge in [0.2, 0.25) is 0 Å². The number of aromatic nitrogens is 1. The van der Waals surface area contributed by atoms with Crippen molar-refractivity contribution in [2.75, 3.05) is 24.5 Å². The summed E-state index contributed by atoms with van der Waals surface area (Å²) in [6, 6.07) is 14.0. The number of carbonyl (C=O) groups is 1. The average molecular weight is 319 g/mol. The Bertz CT molecular complexity index is 635. The van der Waals surface area contributed by atoms with Crippen LogP contribution in [-0.4, -0.2) is 30.5 Å². The Morgan fingerprint density at radius 1 is 1.23 bits per heavy atom. The zero-order valence-corrected chi connectivity index (χ0v) is 12.9. The van der Waals surface area contributed by atoms with Crippen LogP contribution in [0.1, 0.15) is 22.0 Å². The molecule has 5 nitrogen and oxygen atoms in total. The Morgan fingerprint density at radius 2 is 2.00 bits per heavy atom. The van der Waals surface area contributed by atoms with Crippen LogP contribution in [0, 0.1) is 0 Å². The third-order valence-electron chi connectivity index (χ3n) is 3.73. The van der Waals surface area contributed by atoms with Crippen LogP contribution in [0.5, 0.6) is 0 Å². The van der Waals surface area contributed by atoms with Crippen molar-refractivity contribution in [3.05, 3.63) is 59.8 Å². The first kappa shape index (κ1) is 16.3. The first-order valence-electron chi connectivity index (χ1n) is 7.04. The van der Waals surface area contributed by atoms with E-state index >= 15 is 0 Å². The number of amides is 1. The Labute approximate surface area is 135 Å². The van der Waals surface area contributed by atoms with Crippen LogP contribution in [-0.2, 0) is 0 Å². The van der Waals surface area contributed by atoms with Crippen LogP contribution >= 0.6 is 12.4 Å². The number of piperazine rings is 1. The van der Waals surface area contributed by atoms with Crippen molar-refractivity contribution < 1.29 is 4.79 Å². The van der Waals surface area contributed by atoms with E-state index in [9.17, 15) is 4.79 Å². The zero-order chi connectivity index (χ0) is 14.7. The molecule has 22 heavy (non-hydrogen) atoms. The van der Waals surface area contributed by atoms with Gasteiger partial charge in [0.1, 0.15) is 5.82 Å². The summed E-state index contributed by atoms with van der Waals surface area (Å²) in [4.78, 5) is 18.0.